The number of hydrogen-bond donors (Lipinski definition) is 1. The molecule has 1 N–H and O–H groups in total. The number of sulfonamides is 2. The molecule has 190 valence electrons. The summed E-state index contributed by atoms with van der Waals surface area (Å²) >= 11 is 0. The molecule has 1 heterocycles. The molecule has 11 heteroatoms. The number of hydrogen-bond acceptors (Lipinski definition) is 6. The van der Waals surface area contributed by atoms with Gasteiger partial charge in [0.05, 0.1) is 28.7 Å². The third kappa shape index (κ3) is 5.76. The molecule has 9 nitrogen and oxygen atoms in total. The Morgan fingerprint density at radius 1 is 0.861 bits per heavy atom. The highest BCUT2D eigenvalue weighted by Gasteiger charge is 2.28. The van der Waals surface area contributed by atoms with Crippen LogP contribution in [-0.2, 0) is 29.6 Å². The number of benzene rings is 3. The van der Waals surface area contributed by atoms with Crippen LogP contribution in [0, 0.1) is 6.92 Å². The Morgan fingerprint density at radius 2 is 1.47 bits per heavy atom. The molecule has 0 bridgehead atoms. The smallest absolute Gasteiger partial charge is 0.264 e. The first kappa shape index (κ1) is 25.8. The maximum absolute atomic E-state index is 13.4. The van der Waals surface area contributed by atoms with Gasteiger partial charge in [-0.3, -0.25) is 9.10 Å². The van der Waals surface area contributed by atoms with Gasteiger partial charge >= 0.3 is 0 Å². The van der Waals surface area contributed by atoms with Crippen LogP contribution in [0.4, 0.5) is 11.4 Å². The summed E-state index contributed by atoms with van der Waals surface area (Å²) < 4.78 is 60.0. The van der Waals surface area contributed by atoms with Crippen molar-refractivity contribution in [3.63, 3.8) is 0 Å². The van der Waals surface area contributed by atoms with Crippen molar-refractivity contribution < 1.29 is 26.4 Å². The molecule has 1 saturated heterocycles. The number of carbonyl (C=O) groups is 1. The fourth-order valence-corrected chi connectivity index (χ4v) is 6.57. The van der Waals surface area contributed by atoms with Crippen molar-refractivity contribution in [1.29, 1.82) is 0 Å². The number of amides is 1. The lowest BCUT2D eigenvalue weighted by Crippen LogP contribution is -2.40. The minimum atomic E-state index is -4.02. The van der Waals surface area contributed by atoms with E-state index in [1.807, 2.05) is 6.92 Å². The monoisotopic (exact) mass is 529 g/mol. The molecule has 3 aromatic rings. The van der Waals surface area contributed by atoms with Crippen molar-refractivity contribution in [3.8, 4) is 0 Å². The Kier molecular flexibility index (Phi) is 7.74. The molecule has 1 amide bonds. The van der Waals surface area contributed by atoms with Crippen molar-refractivity contribution in [2.45, 2.75) is 16.7 Å². The fourth-order valence-electron chi connectivity index (χ4n) is 3.72. The first-order chi connectivity index (χ1) is 17.2. The Labute approximate surface area is 211 Å². The van der Waals surface area contributed by atoms with E-state index in [4.69, 9.17) is 4.74 Å². The molecule has 0 atom stereocenters. The third-order valence-electron chi connectivity index (χ3n) is 5.69. The van der Waals surface area contributed by atoms with Gasteiger partial charge in [-0.05, 0) is 55.5 Å². The number of aryl methyl sites for hydroxylation is 1. The summed E-state index contributed by atoms with van der Waals surface area (Å²) in [6.45, 7) is 2.67. The second-order valence-electron chi connectivity index (χ2n) is 8.25. The van der Waals surface area contributed by atoms with Crippen LogP contribution in [0.25, 0.3) is 0 Å². The Morgan fingerprint density at radius 3 is 2.08 bits per heavy atom. The van der Waals surface area contributed by atoms with E-state index in [1.54, 1.807) is 42.5 Å². The molecule has 0 aromatic heterocycles. The quantitative estimate of drug-likeness (QED) is 0.480. The van der Waals surface area contributed by atoms with Gasteiger partial charge in [0.1, 0.15) is 6.54 Å². The van der Waals surface area contributed by atoms with Gasteiger partial charge in [0.25, 0.3) is 10.0 Å². The van der Waals surface area contributed by atoms with Crippen molar-refractivity contribution in [3.05, 3.63) is 84.4 Å². The molecule has 0 spiro atoms. The summed E-state index contributed by atoms with van der Waals surface area (Å²) in [4.78, 5) is 13.1. The normalized spacial score (nSPS) is 14.8. The average Bonchev–Trinajstić information content (AvgIpc) is 2.89. The molecular formula is C25H27N3O6S2. The lowest BCUT2D eigenvalue weighted by Gasteiger charge is -2.26. The summed E-state index contributed by atoms with van der Waals surface area (Å²) in [5, 5.41) is 2.66. The zero-order chi connectivity index (χ0) is 25.8. The first-order valence-electron chi connectivity index (χ1n) is 11.3. The standard InChI is InChI=1S/C25H27N3O6S2/c1-20-7-11-22(12-8-20)28(36(32,33)23-5-3-2-4-6-23)19-25(29)26-21-9-13-24(14-10-21)35(30,31)27-15-17-34-18-16-27/h2-14H,15-19H2,1H3,(H,26,29). The summed E-state index contributed by atoms with van der Waals surface area (Å²) in [7, 11) is -7.68. The van der Waals surface area contributed by atoms with Crippen LogP contribution in [0.1, 0.15) is 5.56 Å². The van der Waals surface area contributed by atoms with Gasteiger partial charge in [-0.2, -0.15) is 4.31 Å². The number of nitrogens with zero attached hydrogens (tertiary/aromatic N) is 2. The number of nitrogens with one attached hydrogen (secondary N) is 1. The minimum Gasteiger partial charge on any atom is -0.379 e. The highest BCUT2D eigenvalue weighted by molar-refractivity contribution is 7.92. The maximum Gasteiger partial charge on any atom is 0.264 e. The molecule has 1 aliphatic heterocycles. The Bertz CT molecular complexity index is 1400. The topological polar surface area (TPSA) is 113 Å². The number of ether oxygens (including phenoxy) is 1. The van der Waals surface area contributed by atoms with Crippen LogP contribution < -0.4 is 9.62 Å². The highest BCUT2D eigenvalue weighted by Crippen LogP contribution is 2.25. The minimum absolute atomic E-state index is 0.0658. The van der Waals surface area contributed by atoms with Crippen LogP contribution in [0.5, 0.6) is 0 Å². The second-order valence-corrected chi connectivity index (χ2v) is 12.0. The molecule has 0 radical (unpaired) electrons. The van der Waals surface area contributed by atoms with Gasteiger partial charge in [-0.1, -0.05) is 35.9 Å². The van der Waals surface area contributed by atoms with Gasteiger partial charge in [0.2, 0.25) is 15.9 Å². The molecule has 4 rings (SSSR count). The zero-order valence-corrected chi connectivity index (χ0v) is 21.3. The molecule has 1 aliphatic rings. The van der Waals surface area contributed by atoms with Crippen molar-refractivity contribution >= 4 is 37.3 Å². The summed E-state index contributed by atoms with van der Waals surface area (Å²) in [6, 6.07) is 20.5. The average molecular weight is 530 g/mol. The first-order valence-corrected chi connectivity index (χ1v) is 14.2. The molecule has 1 fully saturated rings. The third-order valence-corrected chi connectivity index (χ3v) is 9.39. The van der Waals surface area contributed by atoms with Crippen LogP contribution in [-0.4, -0.2) is 59.9 Å². The summed E-state index contributed by atoms with van der Waals surface area (Å²) in [5.74, 6) is -0.570. The van der Waals surface area contributed by atoms with Crippen LogP contribution in [0.2, 0.25) is 0 Å². The largest absolute Gasteiger partial charge is 0.379 e. The number of anilines is 2. The number of morpholine rings is 1. The SMILES string of the molecule is Cc1ccc(N(CC(=O)Nc2ccc(S(=O)(=O)N3CCOCC3)cc2)S(=O)(=O)c2ccccc2)cc1. The molecular weight excluding hydrogens is 502 g/mol. The Balaban J connectivity index is 1.53. The molecule has 3 aromatic carbocycles. The van der Waals surface area contributed by atoms with E-state index in [0.29, 0.717) is 24.6 Å². The molecule has 36 heavy (non-hydrogen) atoms. The lowest BCUT2D eigenvalue weighted by atomic mass is 10.2. The molecule has 0 saturated carbocycles. The van der Waals surface area contributed by atoms with Gasteiger partial charge in [0, 0.05) is 18.8 Å². The fraction of sp³-hybridized carbons (Fsp3) is 0.240. The van der Waals surface area contributed by atoms with Gasteiger partial charge in [-0.15, -0.1) is 0 Å². The van der Waals surface area contributed by atoms with Gasteiger partial charge < -0.3 is 10.1 Å². The maximum atomic E-state index is 13.4. The van der Waals surface area contributed by atoms with Crippen molar-refractivity contribution in [1.82, 2.24) is 4.31 Å². The van der Waals surface area contributed by atoms with E-state index < -0.39 is 32.5 Å². The molecule has 0 aliphatic carbocycles. The van der Waals surface area contributed by atoms with Crippen molar-refractivity contribution in [2.24, 2.45) is 0 Å². The Hall–Kier alpha value is -3.25. The van der Waals surface area contributed by atoms with Crippen LogP contribution in [0.3, 0.4) is 0 Å². The summed E-state index contributed by atoms with van der Waals surface area (Å²) in [6.07, 6.45) is 0. The van der Waals surface area contributed by atoms with Gasteiger partial charge in [-0.25, -0.2) is 16.8 Å². The second kappa shape index (κ2) is 10.8. The predicted octanol–water partition coefficient (Wildman–Crippen LogP) is 2.85. The van der Waals surface area contributed by atoms with Gasteiger partial charge in [0.15, 0.2) is 0 Å². The zero-order valence-electron chi connectivity index (χ0n) is 19.7. The van der Waals surface area contributed by atoms with Crippen molar-refractivity contribution in [2.75, 3.05) is 42.5 Å². The van der Waals surface area contributed by atoms with E-state index in [-0.39, 0.29) is 22.9 Å². The molecule has 0 unspecified atom stereocenters. The predicted molar refractivity (Wildman–Crippen MR) is 137 cm³/mol. The van der Waals surface area contributed by atoms with E-state index >= 15 is 0 Å². The number of rotatable bonds is 8. The van der Waals surface area contributed by atoms with E-state index in [2.05, 4.69) is 5.32 Å². The summed E-state index contributed by atoms with van der Waals surface area (Å²) in [5.41, 5.74) is 1.65. The highest BCUT2D eigenvalue weighted by atomic mass is 32.2. The lowest BCUT2D eigenvalue weighted by molar-refractivity contribution is -0.114. The van der Waals surface area contributed by atoms with E-state index in [1.165, 1.54) is 40.7 Å². The van der Waals surface area contributed by atoms with Crippen LogP contribution in [0.15, 0.2) is 88.7 Å². The van der Waals surface area contributed by atoms with E-state index in [9.17, 15) is 21.6 Å². The number of carbonyl (C=O) groups excluding carboxylic acids is 1. The van der Waals surface area contributed by atoms with Crippen LogP contribution >= 0.6 is 0 Å². The van der Waals surface area contributed by atoms with E-state index in [0.717, 1.165) is 9.87 Å².